The zero-order valence-electron chi connectivity index (χ0n) is 14.8. The van der Waals surface area contributed by atoms with Crippen molar-refractivity contribution in [3.05, 3.63) is 52.4 Å². The number of nitrogens with zero attached hydrogens (tertiary/aromatic N) is 2. The van der Waals surface area contributed by atoms with Gasteiger partial charge in [0.05, 0.1) is 11.5 Å². The maximum absolute atomic E-state index is 12.5. The first-order chi connectivity index (χ1) is 12.5. The molecule has 0 atom stereocenters. The Labute approximate surface area is 157 Å². The summed E-state index contributed by atoms with van der Waals surface area (Å²) in [6, 6.07) is 9.66. The highest BCUT2D eigenvalue weighted by Gasteiger charge is 2.36. The van der Waals surface area contributed by atoms with E-state index in [2.05, 4.69) is 0 Å². The van der Waals surface area contributed by atoms with E-state index in [0.717, 1.165) is 27.8 Å². The summed E-state index contributed by atoms with van der Waals surface area (Å²) in [6.07, 6.45) is 3.58. The van der Waals surface area contributed by atoms with Crippen LogP contribution in [0.1, 0.15) is 19.4 Å². The molecule has 0 unspecified atom stereocenters. The van der Waals surface area contributed by atoms with Crippen molar-refractivity contribution < 1.29 is 19.5 Å². The average Bonchev–Trinajstić information content (AvgIpc) is 2.87. The van der Waals surface area contributed by atoms with Gasteiger partial charge in [-0.05, 0) is 42.8 Å². The molecule has 1 aliphatic heterocycles. The smallest absolute Gasteiger partial charge is 0.294 e. The summed E-state index contributed by atoms with van der Waals surface area (Å²) < 4.78 is 0. The van der Waals surface area contributed by atoms with E-state index in [1.54, 1.807) is 13.0 Å². The van der Waals surface area contributed by atoms with Crippen molar-refractivity contribution in [3.8, 4) is 0 Å². The molecule has 138 valence electrons. The maximum atomic E-state index is 12.5. The molecule has 26 heavy (non-hydrogen) atoms. The van der Waals surface area contributed by atoms with Crippen LogP contribution in [0.2, 0.25) is 0 Å². The molecule has 2 rings (SSSR count). The van der Waals surface area contributed by atoms with Crippen molar-refractivity contribution in [3.63, 3.8) is 0 Å². The second kappa shape index (κ2) is 9.35. The van der Waals surface area contributed by atoms with E-state index in [1.807, 2.05) is 43.3 Å². The van der Waals surface area contributed by atoms with Crippen LogP contribution in [0.3, 0.4) is 0 Å². The van der Waals surface area contributed by atoms with Gasteiger partial charge in [-0.3, -0.25) is 19.3 Å². The van der Waals surface area contributed by atoms with Gasteiger partial charge in [-0.15, -0.1) is 0 Å². The first kappa shape index (κ1) is 19.9. The van der Waals surface area contributed by atoms with E-state index in [-0.39, 0.29) is 25.6 Å². The third-order valence-corrected chi connectivity index (χ3v) is 4.73. The summed E-state index contributed by atoms with van der Waals surface area (Å²) in [5.74, 6) is -0.823. The van der Waals surface area contributed by atoms with Gasteiger partial charge in [0.2, 0.25) is 5.91 Å². The number of hydrogen-bond acceptors (Lipinski definition) is 5. The molecular formula is C19H22N2O4S. The molecule has 1 N–H and O–H groups in total. The number of carbonyl (C=O) groups is 3. The van der Waals surface area contributed by atoms with Gasteiger partial charge in [-0.2, -0.15) is 0 Å². The van der Waals surface area contributed by atoms with Gasteiger partial charge < -0.3 is 10.0 Å². The molecule has 1 saturated heterocycles. The predicted octanol–water partition coefficient (Wildman–Crippen LogP) is 2.51. The van der Waals surface area contributed by atoms with Gasteiger partial charge in [0, 0.05) is 13.1 Å². The average molecular weight is 374 g/mol. The molecule has 0 bridgehead atoms. The van der Waals surface area contributed by atoms with Gasteiger partial charge in [-0.1, -0.05) is 36.4 Å². The fourth-order valence-electron chi connectivity index (χ4n) is 2.51. The van der Waals surface area contributed by atoms with Gasteiger partial charge in [0.1, 0.15) is 6.54 Å². The lowest BCUT2D eigenvalue weighted by atomic mass is 10.1. The molecule has 1 aromatic rings. The number of thioether (sulfide) groups is 1. The first-order valence-electron chi connectivity index (χ1n) is 8.33. The third kappa shape index (κ3) is 5.06. The Balaban J connectivity index is 2.10. The number of hydrogen-bond donors (Lipinski definition) is 1. The Kier molecular flexibility index (Phi) is 7.17. The highest BCUT2D eigenvalue weighted by molar-refractivity contribution is 8.18. The van der Waals surface area contributed by atoms with Crippen molar-refractivity contribution in [2.75, 3.05) is 26.2 Å². The van der Waals surface area contributed by atoms with Gasteiger partial charge >= 0.3 is 0 Å². The molecule has 1 aromatic carbocycles. The largest absolute Gasteiger partial charge is 0.395 e. The summed E-state index contributed by atoms with van der Waals surface area (Å²) in [5, 5.41) is 8.53. The zero-order chi connectivity index (χ0) is 19.1. The third-order valence-electron chi connectivity index (χ3n) is 3.82. The Morgan fingerprint density at radius 1 is 1.27 bits per heavy atom. The minimum absolute atomic E-state index is 0.162. The highest BCUT2D eigenvalue weighted by Crippen LogP contribution is 2.31. The van der Waals surface area contributed by atoms with Gasteiger partial charge in [0.25, 0.3) is 11.1 Å². The van der Waals surface area contributed by atoms with Gasteiger partial charge in [-0.25, -0.2) is 0 Å². The molecule has 6 nitrogen and oxygen atoms in total. The summed E-state index contributed by atoms with van der Waals surface area (Å²) in [6.45, 7) is 3.75. The predicted molar refractivity (Wildman–Crippen MR) is 102 cm³/mol. The summed E-state index contributed by atoms with van der Waals surface area (Å²) in [7, 11) is 0. The van der Waals surface area contributed by atoms with E-state index < -0.39 is 11.1 Å². The number of aliphatic hydroxyl groups excluding tert-OH is 1. The standard InChI is InChI=1S/C19H22N2O4S/c1-3-20(9-10-22)17(23)13-21-18(24)16(26-19(21)25)12-14(2)11-15-7-5-4-6-8-15/h4-8,11-12,22H,3,9-10,13H2,1-2H3/b14-11+,16-12-. The molecule has 0 aliphatic carbocycles. The van der Waals surface area contributed by atoms with Crippen LogP contribution in [-0.2, 0) is 9.59 Å². The minimum atomic E-state index is -0.464. The first-order valence-corrected chi connectivity index (χ1v) is 9.15. The SMILES string of the molecule is CCN(CCO)C(=O)CN1C(=O)S/C(=C\C(C)=C\c2ccccc2)C1=O. The second-order valence-corrected chi connectivity index (χ2v) is 6.76. The normalized spacial score (nSPS) is 16.5. The monoisotopic (exact) mass is 374 g/mol. The van der Waals surface area contributed by atoms with Crippen LogP contribution >= 0.6 is 11.8 Å². The molecule has 1 heterocycles. The fourth-order valence-corrected chi connectivity index (χ4v) is 3.40. The van der Waals surface area contributed by atoms with E-state index >= 15 is 0 Å². The lowest BCUT2D eigenvalue weighted by Gasteiger charge is -2.22. The molecule has 0 radical (unpaired) electrons. The topological polar surface area (TPSA) is 77.9 Å². The second-order valence-electron chi connectivity index (χ2n) is 5.76. The van der Waals surface area contributed by atoms with E-state index in [9.17, 15) is 14.4 Å². The summed E-state index contributed by atoms with van der Waals surface area (Å²) >= 11 is 0.833. The van der Waals surface area contributed by atoms with Crippen LogP contribution in [0.15, 0.2) is 46.9 Å². The lowest BCUT2D eigenvalue weighted by molar-refractivity contribution is -0.136. The van der Waals surface area contributed by atoms with Crippen LogP contribution in [-0.4, -0.2) is 58.2 Å². The number of likely N-dealkylation sites (N-methyl/N-ethyl adjacent to an activating group) is 1. The van der Waals surface area contributed by atoms with Crippen LogP contribution in [0.25, 0.3) is 6.08 Å². The molecule has 7 heteroatoms. The molecule has 3 amide bonds. The van der Waals surface area contributed by atoms with Crippen LogP contribution in [0.4, 0.5) is 4.79 Å². The minimum Gasteiger partial charge on any atom is -0.395 e. The Bertz CT molecular complexity index is 743. The van der Waals surface area contributed by atoms with Crippen LogP contribution in [0, 0.1) is 0 Å². The van der Waals surface area contributed by atoms with Crippen molar-refractivity contribution in [1.82, 2.24) is 9.80 Å². The van der Waals surface area contributed by atoms with Crippen molar-refractivity contribution in [2.45, 2.75) is 13.8 Å². The number of benzene rings is 1. The van der Waals surface area contributed by atoms with Crippen LogP contribution < -0.4 is 0 Å². The number of imide groups is 1. The number of amides is 3. The molecule has 1 fully saturated rings. The summed E-state index contributed by atoms with van der Waals surface area (Å²) in [4.78, 5) is 39.5. The highest BCUT2D eigenvalue weighted by atomic mass is 32.2. The number of rotatable bonds is 7. The summed E-state index contributed by atoms with van der Waals surface area (Å²) in [5.41, 5.74) is 1.83. The van der Waals surface area contributed by atoms with E-state index in [1.165, 1.54) is 4.90 Å². The zero-order valence-corrected chi connectivity index (χ0v) is 15.7. The van der Waals surface area contributed by atoms with E-state index in [4.69, 9.17) is 5.11 Å². The van der Waals surface area contributed by atoms with Crippen molar-refractivity contribution in [1.29, 1.82) is 0 Å². The van der Waals surface area contributed by atoms with Crippen molar-refractivity contribution in [2.24, 2.45) is 0 Å². The number of aliphatic hydroxyl groups is 1. The van der Waals surface area contributed by atoms with E-state index in [0.29, 0.717) is 11.4 Å². The Hall–Kier alpha value is -2.38. The number of allylic oxidation sites excluding steroid dienone is 2. The molecule has 1 aliphatic rings. The van der Waals surface area contributed by atoms with Gasteiger partial charge in [0.15, 0.2) is 0 Å². The Morgan fingerprint density at radius 2 is 1.96 bits per heavy atom. The Morgan fingerprint density at radius 3 is 2.58 bits per heavy atom. The molecular weight excluding hydrogens is 352 g/mol. The molecule has 0 spiro atoms. The quantitative estimate of drug-likeness (QED) is 0.742. The maximum Gasteiger partial charge on any atom is 0.294 e. The van der Waals surface area contributed by atoms with Crippen LogP contribution in [0.5, 0.6) is 0 Å². The fraction of sp³-hybridized carbons (Fsp3) is 0.316. The molecule has 0 saturated carbocycles. The van der Waals surface area contributed by atoms with Crippen molar-refractivity contribution >= 4 is 34.9 Å². The number of carbonyl (C=O) groups excluding carboxylic acids is 3. The lowest BCUT2D eigenvalue weighted by Crippen LogP contribution is -2.43. The molecule has 0 aromatic heterocycles.